The van der Waals surface area contributed by atoms with Gasteiger partial charge in [0.2, 0.25) is 0 Å². The Morgan fingerprint density at radius 1 is 0.984 bits per heavy atom. The summed E-state index contributed by atoms with van der Waals surface area (Å²) in [6, 6.07) is 9.02. The van der Waals surface area contributed by atoms with E-state index in [0.717, 1.165) is 37.6 Å². The number of methoxy groups -OCH3 is 1. The number of carbonyl (C=O) groups excluding carboxylic acids is 1. The number of halogens is 2. The number of nitrogens with zero attached hydrogens (tertiary/aromatic N) is 6. The number of hydrogen-bond donors (Lipinski definition) is 0. The molecule has 4 fully saturated rings. The van der Waals surface area contributed by atoms with E-state index in [1.165, 1.54) is 6.07 Å². The molecule has 0 radical (unpaired) electrons. The van der Waals surface area contributed by atoms with Crippen LogP contribution in [0.2, 0.25) is 16.6 Å². The van der Waals surface area contributed by atoms with Crippen molar-refractivity contribution >= 4 is 41.8 Å². The van der Waals surface area contributed by atoms with Crippen molar-refractivity contribution in [3.63, 3.8) is 0 Å². The van der Waals surface area contributed by atoms with Gasteiger partial charge < -0.3 is 23.8 Å². The molecule has 14 heteroatoms. The van der Waals surface area contributed by atoms with Crippen LogP contribution in [0.3, 0.4) is 0 Å². The van der Waals surface area contributed by atoms with Crippen LogP contribution in [-0.4, -0.2) is 115 Å². The number of amides is 1. The van der Waals surface area contributed by atoms with E-state index in [-0.39, 0.29) is 37.6 Å². The van der Waals surface area contributed by atoms with Crippen molar-refractivity contribution in [2.24, 2.45) is 0 Å². The third-order valence-corrected chi connectivity index (χ3v) is 20.4. The zero-order valence-corrected chi connectivity index (χ0v) is 39.7. The lowest BCUT2D eigenvalue weighted by Crippen LogP contribution is -2.57. The Morgan fingerprint density at radius 3 is 2.37 bits per heavy atom. The quantitative estimate of drug-likeness (QED) is 0.0822. The first-order chi connectivity index (χ1) is 29.9. The predicted molar refractivity (Wildman–Crippen MR) is 246 cm³/mol. The standard InChI is InChI=1S/C49H64F2N6O5Si/c1-30(2)63(31(3)4,32(5)6)19-16-39-41(51)15-12-33-20-38(61-29-59-10)22-40(43(33)39)34-21-42-44(52-24-34)45(54-46(53-42)60-28-49-17-11-18-56(49)25-35(50)23-49)55-26-36-13-14-37(27-55)57(36)47(58)62-48(7,8)9/h12,15,20-22,24,30-32,35-37H,11,13-14,17-18,23,25-29H2,1-10H3/t35-,36?,37?,49+/m1/s1. The largest absolute Gasteiger partial charge is 0.468 e. The van der Waals surface area contributed by atoms with E-state index >= 15 is 4.39 Å². The van der Waals surface area contributed by atoms with E-state index in [1.807, 2.05) is 43.9 Å². The summed E-state index contributed by atoms with van der Waals surface area (Å²) in [7, 11) is -0.670. The number of carbonyl (C=O) groups is 1. The molecule has 6 heterocycles. The smallest absolute Gasteiger partial charge is 0.410 e. The van der Waals surface area contributed by atoms with E-state index in [0.29, 0.717) is 87.4 Å². The summed E-state index contributed by atoms with van der Waals surface area (Å²) in [5, 5.41) is 1.43. The van der Waals surface area contributed by atoms with Crippen LogP contribution in [-0.2, 0) is 9.47 Å². The van der Waals surface area contributed by atoms with Gasteiger partial charge in [0, 0.05) is 50.3 Å². The van der Waals surface area contributed by atoms with Gasteiger partial charge in [0.25, 0.3) is 0 Å². The first kappa shape index (κ1) is 45.0. The molecule has 338 valence electrons. The second-order valence-electron chi connectivity index (χ2n) is 20.2. The number of pyridine rings is 1. The molecule has 8 rings (SSSR count). The van der Waals surface area contributed by atoms with Gasteiger partial charge in [-0.15, -0.1) is 5.54 Å². The minimum atomic E-state index is -2.24. The molecule has 1 amide bonds. The number of ether oxygens (including phenoxy) is 4. The number of hydrogen-bond acceptors (Lipinski definition) is 10. The second-order valence-corrected chi connectivity index (χ2v) is 25.7. The van der Waals surface area contributed by atoms with Crippen molar-refractivity contribution in [2.45, 2.75) is 140 Å². The third kappa shape index (κ3) is 8.57. The second kappa shape index (κ2) is 17.4. The number of benzene rings is 2. The summed E-state index contributed by atoms with van der Waals surface area (Å²) in [6.07, 6.45) is 4.53. The van der Waals surface area contributed by atoms with Crippen LogP contribution in [0.15, 0.2) is 36.5 Å². The summed E-state index contributed by atoms with van der Waals surface area (Å²) < 4.78 is 54.9. The SMILES string of the molecule is COCOc1cc(-c2cnc3c(N4CC5CCC(C4)N5C(=O)OC(C)(C)C)nc(OC[C@@]45CCCN4C[C@H](F)C5)nc3c2)c2c(C#C[Si](C(C)C)(C(C)C)C(C)C)c(F)ccc2c1. The van der Waals surface area contributed by atoms with Gasteiger partial charge in [0.1, 0.15) is 43.5 Å². The summed E-state index contributed by atoms with van der Waals surface area (Å²) in [5.41, 5.74) is 6.68. The normalized spacial score (nSPS) is 22.7. The van der Waals surface area contributed by atoms with E-state index in [4.69, 9.17) is 33.9 Å². The summed E-state index contributed by atoms with van der Waals surface area (Å²) in [4.78, 5) is 34.8. The maximum Gasteiger partial charge on any atom is 0.410 e. The van der Waals surface area contributed by atoms with Gasteiger partial charge in [-0.05, 0) is 105 Å². The van der Waals surface area contributed by atoms with Crippen molar-refractivity contribution in [3.05, 3.63) is 47.9 Å². The number of anilines is 1. The molecular weight excluding hydrogens is 819 g/mol. The fraction of sp³-hybridized carbons (Fsp3) is 0.592. The number of aromatic nitrogens is 3. The van der Waals surface area contributed by atoms with E-state index in [1.54, 1.807) is 19.4 Å². The van der Waals surface area contributed by atoms with Crippen LogP contribution in [0.1, 0.15) is 100.0 Å². The van der Waals surface area contributed by atoms with Crippen LogP contribution < -0.4 is 14.4 Å². The monoisotopic (exact) mass is 882 g/mol. The maximum atomic E-state index is 16.4. The molecule has 4 aromatic rings. The molecule has 2 aromatic heterocycles. The highest BCUT2D eigenvalue weighted by Gasteiger charge is 2.50. The Labute approximate surface area is 372 Å². The minimum absolute atomic E-state index is 0.0304. The zero-order valence-electron chi connectivity index (χ0n) is 38.7. The lowest BCUT2D eigenvalue weighted by Gasteiger charge is -2.41. The molecule has 2 aromatic carbocycles. The van der Waals surface area contributed by atoms with Crippen molar-refractivity contribution in [3.8, 4) is 34.4 Å². The number of alkyl halides is 1. The molecule has 11 nitrogen and oxygen atoms in total. The Hall–Kier alpha value is -4.58. The fourth-order valence-corrected chi connectivity index (χ4v) is 16.5. The fourth-order valence-electron chi connectivity index (χ4n) is 11.3. The van der Waals surface area contributed by atoms with Crippen LogP contribution in [0.5, 0.6) is 11.8 Å². The van der Waals surface area contributed by atoms with Crippen LogP contribution in [0.25, 0.3) is 32.9 Å². The van der Waals surface area contributed by atoms with Gasteiger partial charge in [-0.2, -0.15) is 9.97 Å². The van der Waals surface area contributed by atoms with Crippen molar-refractivity contribution in [2.75, 3.05) is 51.6 Å². The molecule has 0 spiro atoms. The third-order valence-electron chi connectivity index (χ3n) is 14.1. The van der Waals surface area contributed by atoms with E-state index in [9.17, 15) is 9.18 Å². The van der Waals surface area contributed by atoms with E-state index in [2.05, 4.69) is 62.8 Å². The highest BCUT2D eigenvalue weighted by atomic mass is 28.3. The molecule has 4 aliphatic rings. The average Bonchev–Trinajstić information content (AvgIpc) is 3.84. The minimum Gasteiger partial charge on any atom is -0.468 e. The van der Waals surface area contributed by atoms with Gasteiger partial charge in [-0.1, -0.05) is 53.5 Å². The Balaban J connectivity index is 1.26. The average molecular weight is 883 g/mol. The molecule has 4 aliphatic heterocycles. The highest BCUT2D eigenvalue weighted by Crippen LogP contribution is 2.44. The molecule has 2 unspecified atom stereocenters. The Morgan fingerprint density at radius 2 is 1.70 bits per heavy atom. The molecule has 4 saturated heterocycles. The Bertz CT molecular complexity index is 2400. The van der Waals surface area contributed by atoms with E-state index < -0.39 is 31.2 Å². The molecule has 63 heavy (non-hydrogen) atoms. The van der Waals surface area contributed by atoms with Gasteiger partial charge in [-0.25, -0.2) is 13.6 Å². The molecule has 4 atom stereocenters. The Kier molecular flexibility index (Phi) is 12.4. The van der Waals surface area contributed by atoms with Gasteiger partial charge in [0.05, 0.1) is 28.7 Å². The molecule has 0 N–H and O–H groups in total. The molecular formula is C49H64F2N6O5Si. The van der Waals surface area contributed by atoms with Crippen molar-refractivity contribution < 1.29 is 32.5 Å². The maximum absolute atomic E-state index is 16.4. The zero-order chi connectivity index (χ0) is 45.0. The van der Waals surface area contributed by atoms with Gasteiger partial charge in [-0.3, -0.25) is 14.8 Å². The van der Waals surface area contributed by atoms with Crippen LogP contribution in [0.4, 0.5) is 19.4 Å². The summed E-state index contributed by atoms with van der Waals surface area (Å²) in [5.74, 6) is 4.21. The lowest BCUT2D eigenvalue weighted by molar-refractivity contribution is 0.0122. The number of piperazine rings is 1. The topological polar surface area (TPSA) is 102 Å². The first-order valence-corrected chi connectivity index (χ1v) is 25.0. The highest BCUT2D eigenvalue weighted by molar-refractivity contribution is 6.90. The summed E-state index contributed by atoms with van der Waals surface area (Å²) in [6.45, 7) is 21.8. The van der Waals surface area contributed by atoms with Crippen LogP contribution in [0, 0.1) is 17.3 Å². The number of rotatable bonds is 11. The first-order valence-electron chi connectivity index (χ1n) is 22.8. The summed E-state index contributed by atoms with van der Waals surface area (Å²) >= 11 is 0. The molecule has 0 aliphatic carbocycles. The lowest BCUT2D eigenvalue weighted by atomic mass is 9.94. The van der Waals surface area contributed by atoms with Crippen LogP contribution >= 0.6 is 0 Å². The molecule has 2 bridgehead atoms. The van der Waals surface area contributed by atoms with Gasteiger partial charge in [0.15, 0.2) is 12.6 Å². The predicted octanol–water partition coefficient (Wildman–Crippen LogP) is 10.1. The van der Waals surface area contributed by atoms with Crippen molar-refractivity contribution in [1.82, 2.24) is 24.8 Å². The number of fused-ring (bicyclic) bond motifs is 5. The van der Waals surface area contributed by atoms with Gasteiger partial charge >= 0.3 is 12.1 Å². The molecule has 0 saturated carbocycles. The van der Waals surface area contributed by atoms with Crippen molar-refractivity contribution in [1.29, 1.82) is 0 Å².